The van der Waals surface area contributed by atoms with E-state index >= 15 is 0 Å². The van der Waals surface area contributed by atoms with Gasteiger partial charge < -0.3 is 10.6 Å². The molecule has 0 aromatic heterocycles. The van der Waals surface area contributed by atoms with Crippen molar-refractivity contribution in [3.63, 3.8) is 0 Å². The number of benzene rings is 1. The van der Waals surface area contributed by atoms with Crippen LogP contribution in [-0.2, 0) is 9.84 Å². The van der Waals surface area contributed by atoms with Crippen molar-refractivity contribution in [2.24, 2.45) is 4.99 Å². The molecule has 0 saturated heterocycles. The summed E-state index contributed by atoms with van der Waals surface area (Å²) in [6, 6.07) is 10.2. The van der Waals surface area contributed by atoms with Gasteiger partial charge in [0.05, 0.1) is 10.5 Å². The minimum Gasteiger partial charge on any atom is -0.355 e. The molecule has 0 heterocycles. The summed E-state index contributed by atoms with van der Waals surface area (Å²) in [4.78, 5) is 5.37. The number of nitrogens with zero attached hydrogens (tertiary/aromatic N) is 1. The van der Waals surface area contributed by atoms with Crippen LogP contribution in [0.25, 0.3) is 0 Å². The summed E-state index contributed by atoms with van der Waals surface area (Å²) in [5.74, 6) is 0.713. The van der Waals surface area contributed by atoms with Crippen LogP contribution in [0.3, 0.4) is 0 Å². The van der Waals surface area contributed by atoms with Crippen LogP contribution in [0.5, 0.6) is 0 Å². The molecule has 1 atom stereocenters. The van der Waals surface area contributed by atoms with Crippen LogP contribution < -0.4 is 10.6 Å². The zero-order valence-electron chi connectivity index (χ0n) is 15.2. The van der Waals surface area contributed by atoms with Gasteiger partial charge in [0.25, 0.3) is 0 Å². The number of guanidine groups is 1. The Hall–Kier alpha value is -1.21. The molecule has 0 aliphatic rings. The molecule has 1 aromatic carbocycles. The Labute approximate surface area is 150 Å². The highest BCUT2D eigenvalue weighted by Crippen LogP contribution is 2.21. The second-order valence-corrected chi connectivity index (χ2v) is 10.9. The monoisotopic (exact) mass is 371 g/mol. The average molecular weight is 372 g/mol. The summed E-state index contributed by atoms with van der Waals surface area (Å²) >= 11 is 1.79. The van der Waals surface area contributed by atoms with Crippen molar-refractivity contribution in [1.82, 2.24) is 10.6 Å². The maximum Gasteiger partial charge on any atom is 0.191 e. The second-order valence-electron chi connectivity index (χ2n) is 6.55. The molecule has 0 aliphatic heterocycles. The number of nitrogens with one attached hydrogen (secondary N) is 2. The van der Waals surface area contributed by atoms with Gasteiger partial charge in [-0.15, -0.1) is 11.8 Å². The molecule has 136 valence electrons. The Morgan fingerprint density at radius 2 is 1.83 bits per heavy atom. The molecule has 0 amide bonds. The van der Waals surface area contributed by atoms with Crippen LogP contribution >= 0.6 is 11.8 Å². The van der Waals surface area contributed by atoms with Gasteiger partial charge in [-0.3, -0.25) is 4.99 Å². The molecule has 0 fully saturated rings. The highest BCUT2D eigenvalue weighted by atomic mass is 32.2. The molecule has 0 bridgehead atoms. The number of sulfone groups is 1. The minimum atomic E-state index is -3.12. The lowest BCUT2D eigenvalue weighted by Gasteiger charge is -2.20. The summed E-state index contributed by atoms with van der Waals surface area (Å²) in [5, 5.41) is 6.67. The summed E-state index contributed by atoms with van der Waals surface area (Å²) in [7, 11) is -1.44. The minimum absolute atomic E-state index is 0.0888. The fraction of sp³-hybridized carbons (Fsp3) is 0.588. The van der Waals surface area contributed by atoms with Crippen molar-refractivity contribution in [3.05, 3.63) is 30.3 Å². The highest BCUT2D eigenvalue weighted by molar-refractivity contribution is 8.00. The van der Waals surface area contributed by atoms with Crippen LogP contribution in [0.1, 0.15) is 27.7 Å². The highest BCUT2D eigenvalue weighted by Gasteiger charge is 2.28. The summed E-state index contributed by atoms with van der Waals surface area (Å²) < 4.78 is 23.4. The predicted octanol–water partition coefficient (Wildman–Crippen LogP) is 2.55. The maximum atomic E-state index is 12.1. The van der Waals surface area contributed by atoms with E-state index in [1.165, 1.54) is 4.90 Å². The lowest BCUT2D eigenvalue weighted by molar-refractivity contribution is 0.559. The average Bonchev–Trinajstić information content (AvgIpc) is 2.50. The summed E-state index contributed by atoms with van der Waals surface area (Å²) in [6.45, 7) is 8.39. The fourth-order valence-electron chi connectivity index (χ4n) is 1.84. The van der Waals surface area contributed by atoms with E-state index in [9.17, 15) is 8.42 Å². The number of hydrogen-bond acceptors (Lipinski definition) is 4. The third-order valence-corrected chi connectivity index (χ3v) is 7.18. The molecule has 0 saturated carbocycles. The topological polar surface area (TPSA) is 70.6 Å². The zero-order chi connectivity index (χ0) is 18.2. The molecule has 0 radical (unpaired) electrons. The van der Waals surface area contributed by atoms with E-state index in [0.29, 0.717) is 17.8 Å². The Morgan fingerprint density at radius 3 is 2.38 bits per heavy atom. The Kier molecular flexibility index (Phi) is 8.09. The Bertz CT molecular complexity index is 623. The fourth-order valence-corrected chi connectivity index (χ4v) is 3.77. The van der Waals surface area contributed by atoms with Crippen molar-refractivity contribution in [2.45, 2.75) is 42.6 Å². The zero-order valence-corrected chi connectivity index (χ0v) is 16.8. The van der Waals surface area contributed by atoms with E-state index in [1.807, 2.05) is 18.2 Å². The summed E-state index contributed by atoms with van der Waals surface area (Å²) in [6.07, 6.45) is 0. The Morgan fingerprint density at radius 1 is 1.21 bits per heavy atom. The van der Waals surface area contributed by atoms with Crippen molar-refractivity contribution >= 4 is 27.6 Å². The number of hydrogen-bond donors (Lipinski definition) is 2. The van der Waals surface area contributed by atoms with Gasteiger partial charge in [-0.2, -0.15) is 0 Å². The number of thioether (sulfide) groups is 1. The third-order valence-electron chi connectivity index (χ3n) is 3.46. The standard InChI is InChI=1S/C17H29N3O2S2/c1-14(23-15-9-7-6-8-10-15)13-20-16(18-5)19-11-12-24(21,22)17(2,3)4/h6-10,14H,11-13H2,1-5H3,(H2,18,19,20). The molecule has 1 unspecified atom stereocenters. The van der Waals surface area contributed by atoms with Gasteiger partial charge in [0.1, 0.15) is 0 Å². The van der Waals surface area contributed by atoms with E-state index in [-0.39, 0.29) is 5.75 Å². The van der Waals surface area contributed by atoms with E-state index in [4.69, 9.17) is 0 Å². The molecule has 0 aliphatic carbocycles. The SMILES string of the molecule is CN=C(NCCS(=O)(=O)C(C)(C)C)NCC(C)Sc1ccccc1. The van der Waals surface area contributed by atoms with Crippen molar-refractivity contribution in [3.8, 4) is 0 Å². The van der Waals surface area contributed by atoms with E-state index < -0.39 is 14.6 Å². The van der Waals surface area contributed by atoms with Crippen LogP contribution in [0.15, 0.2) is 40.2 Å². The first-order valence-corrected chi connectivity index (χ1v) is 10.6. The van der Waals surface area contributed by atoms with Gasteiger partial charge in [-0.25, -0.2) is 8.42 Å². The summed E-state index contributed by atoms with van der Waals surface area (Å²) in [5.41, 5.74) is 0. The van der Waals surface area contributed by atoms with Gasteiger partial charge in [0.15, 0.2) is 15.8 Å². The van der Waals surface area contributed by atoms with Gasteiger partial charge in [-0.05, 0) is 32.9 Å². The largest absolute Gasteiger partial charge is 0.355 e. The smallest absolute Gasteiger partial charge is 0.191 e. The normalized spacial score (nSPS) is 14.3. The molecular weight excluding hydrogens is 342 g/mol. The second kappa shape index (κ2) is 9.32. The van der Waals surface area contributed by atoms with Gasteiger partial charge in [0.2, 0.25) is 0 Å². The molecule has 5 nitrogen and oxygen atoms in total. The van der Waals surface area contributed by atoms with Gasteiger partial charge >= 0.3 is 0 Å². The van der Waals surface area contributed by atoms with Crippen LogP contribution in [0.4, 0.5) is 0 Å². The van der Waals surface area contributed by atoms with E-state index in [0.717, 1.165) is 6.54 Å². The van der Waals surface area contributed by atoms with Crippen molar-refractivity contribution < 1.29 is 8.42 Å². The first-order chi connectivity index (χ1) is 11.2. The lowest BCUT2D eigenvalue weighted by atomic mass is 10.3. The number of aliphatic imine (C=N–C) groups is 1. The quantitative estimate of drug-likeness (QED) is 0.438. The van der Waals surface area contributed by atoms with Crippen LogP contribution in [0, 0.1) is 0 Å². The molecule has 2 N–H and O–H groups in total. The van der Waals surface area contributed by atoms with Crippen molar-refractivity contribution in [1.29, 1.82) is 0 Å². The van der Waals surface area contributed by atoms with Gasteiger partial charge in [-0.1, -0.05) is 25.1 Å². The molecule has 24 heavy (non-hydrogen) atoms. The maximum absolute atomic E-state index is 12.1. The van der Waals surface area contributed by atoms with E-state index in [2.05, 4.69) is 34.7 Å². The number of rotatable bonds is 7. The molecular formula is C17H29N3O2S2. The predicted molar refractivity (Wildman–Crippen MR) is 105 cm³/mol. The van der Waals surface area contributed by atoms with E-state index in [1.54, 1.807) is 39.6 Å². The van der Waals surface area contributed by atoms with Crippen molar-refractivity contribution in [2.75, 3.05) is 25.9 Å². The molecule has 7 heteroatoms. The molecule has 0 spiro atoms. The first-order valence-electron chi connectivity index (χ1n) is 8.04. The third kappa shape index (κ3) is 7.13. The molecule has 1 rings (SSSR count). The molecule has 1 aromatic rings. The van der Waals surface area contributed by atoms with Crippen LogP contribution in [0.2, 0.25) is 0 Å². The van der Waals surface area contributed by atoms with Crippen LogP contribution in [-0.4, -0.2) is 50.3 Å². The van der Waals surface area contributed by atoms with Gasteiger partial charge in [0, 0.05) is 30.3 Å². The first kappa shape index (κ1) is 20.8. The lowest BCUT2D eigenvalue weighted by Crippen LogP contribution is -2.43. The Balaban J connectivity index is 2.38.